The molecule has 0 fully saturated rings. The summed E-state index contributed by atoms with van der Waals surface area (Å²) in [5.74, 6) is -0.226. The second kappa shape index (κ2) is 8.99. The third kappa shape index (κ3) is 6.16. The van der Waals surface area contributed by atoms with Crippen molar-refractivity contribution in [3.63, 3.8) is 0 Å². The Morgan fingerprint density at radius 1 is 1.12 bits per heavy atom. The first-order valence-corrected chi connectivity index (χ1v) is 9.91. The predicted octanol–water partition coefficient (Wildman–Crippen LogP) is 3.60. The molecule has 0 bridgehead atoms. The SMILES string of the molecule is CCCCNS(=O)(=O)c1cccc(NC(=O)Cc2ccc(Cl)cc2)c1. The van der Waals surface area contributed by atoms with E-state index in [-0.39, 0.29) is 17.2 Å². The van der Waals surface area contributed by atoms with Gasteiger partial charge in [0.05, 0.1) is 11.3 Å². The van der Waals surface area contributed by atoms with E-state index in [1.807, 2.05) is 6.92 Å². The summed E-state index contributed by atoms with van der Waals surface area (Å²) in [5, 5.41) is 3.33. The fourth-order valence-corrected chi connectivity index (χ4v) is 3.45. The molecule has 5 nitrogen and oxygen atoms in total. The molecular weight excluding hydrogens is 360 g/mol. The highest BCUT2D eigenvalue weighted by molar-refractivity contribution is 7.89. The highest BCUT2D eigenvalue weighted by atomic mass is 35.5. The summed E-state index contributed by atoms with van der Waals surface area (Å²) in [6.45, 7) is 2.39. The minimum Gasteiger partial charge on any atom is -0.326 e. The molecule has 0 atom stereocenters. The lowest BCUT2D eigenvalue weighted by Gasteiger charge is -2.09. The summed E-state index contributed by atoms with van der Waals surface area (Å²) >= 11 is 5.82. The lowest BCUT2D eigenvalue weighted by molar-refractivity contribution is -0.115. The van der Waals surface area contributed by atoms with Crippen molar-refractivity contribution in [1.29, 1.82) is 0 Å². The lowest BCUT2D eigenvalue weighted by atomic mass is 10.1. The van der Waals surface area contributed by atoms with Crippen LogP contribution in [0.5, 0.6) is 0 Å². The van der Waals surface area contributed by atoms with Gasteiger partial charge in [0.2, 0.25) is 15.9 Å². The number of hydrogen-bond donors (Lipinski definition) is 2. The summed E-state index contributed by atoms with van der Waals surface area (Å²) in [6.07, 6.45) is 1.86. The van der Waals surface area contributed by atoms with Gasteiger partial charge in [-0.1, -0.05) is 43.1 Å². The van der Waals surface area contributed by atoms with Crippen LogP contribution >= 0.6 is 11.6 Å². The molecule has 0 saturated carbocycles. The molecule has 1 amide bonds. The number of hydrogen-bond acceptors (Lipinski definition) is 3. The highest BCUT2D eigenvalue weighted by Gasteiger charge is 2.14. The van der Waals surface area contributed by atoms with Gasteiger partial charge in [-0.2, -0.15) is 0 Å². The molecule has 0 radical (unpaired) electrons. The Morgan fingerprint density at radius 2 is 1.84 bits per heavy atom. The summed E-state index contributed by atoms with van der Waals surface area (Å²) in [4.78, 5) is 12.3. The molecule has 2 aromatic rings. The summed E-state index contributed by atoms with van der Waals surface area (Å²) < 4.78 is 27.0. The molecule has 2 rings (SSSR count). The zero-order valence-electron chi connectivity index (χ0n) is 14.0. The maximum Gasteiger partial charge on any atom is 0.240 e. The first-order valence-electron chi connectivity index (χ1n) is 8.05. The average Bonchev–Trinajstić information content (AvgIpc) is 2.57. The third-order valence-corrected chi connectivity index (χ3v) is 5.24. The zero-order chi connectivity index (χ0) is 18.3. The molecule has 0 unspecified atom stereocenters. The summed E-state index contributed by atoms with van der Waals surface area (Å²) in [5.41, 5.74) is 1.27. The van der Waals surface area contributed by atoms with E-state index in [1.165, 1.54) is 12.1 Å². The van der Waals surface area contributed by atoms with Gasteiger partial charge in [-0.05, 0) is 42.3 Å². The van der Waals surface area contributed by atoms with Gasteiger partial charge < -0.3 is 5.32 Å². The molecule has 0 saturated heterocycles. The molecule has 0 aliphatic carbocycles. The number of amides is 1. The van der Waals surface area contributed by atoms with Crippen LogP contribution in [0.3, 0.4) is 0 Å². The standard InChI is InChI=1S/C18H21ClN2O3S/c1-2-3-11-20-25(23,24)17-6-4-5-16(13-17)21-18(22)12-14-7-9-15(19)10-8-14/h4-10,13,20H,2-3,11-12H2,1H3,(H,21,22). The van der Waals surface area contributed by atoms with Gasteiger partial charge in [0, 0.05) is 17.3 Å². The van der Waals surface area contributed by atoms with Crippen LogP contribution in [0, 0.1) is 0 Å². The van der Waals surface area contributed by atoms with Crippen molar-refractivity contribution in [2.75, 3.05) is 11.9 Å². The fraction of sp³-hybridized carbons (Fsp3) is 0.278. The Labute approximate surface area is 153 Å². The number of carbonyl (C=O) groups is 1. The number of anilines is 1. The molecule has 2 aromatic carbocycles. The van der Waals surface area contributed by atoms with Crippen molar-refractivity contribution in [1.82, 2.24) is 4.72 Å². The van der Waals surface area contributed by atoms with Gasteiger partial charge in [0.15, 0.2) is 0 Å². The van der Waals surface area contributed by atoms with Crippen molar-refractivity contribution in [3.05, 3.63) is 59.1 Å². The predicted molar refractivity (Wildman–Crippen MR) is 100 cm³/mol. The monoisotopic (exact) mass is 380 g/mol. The van der Waals surface area contributed by atoms with Crippen LogP contribution in [0.4, 0.5) is 5.69 Å². The molecule has 0 aliphatic rings. The average molecular weight is 381 g/mol. The van der Waals surface area contributed by atoms with Crippen LogP contribution in [-0.4, -0.2) is 20.9 Å². The van der Waals surface area contributed by atoms with Crippen molar-refractivity contribution < 1.29 is 13.2 Å². The maximum absolute atomic E-state index is 12.2. The van der Waals surface area contributed by atoms with E-state index in [0.29, 0.717) is 17.3 Å². The van der Waals surface area contributed by atoms with Gasteiger partial charge >= 0.3 is 0 Å². The highest BCUT2D eigenvalue weighted by Crippen LogP contribution is 2.16. The van der Waals surface area contributed by atoms with Crippen molar-refractivity contribution >= 4 is 33.2 Å². The van der Waals surface area contributed by atoms with Crippen molar-refractivity contribution in [3.8, 4) is 0 Å². The van der Waals surface area contributed by atoms with E-state index in [0.717, 1.165) is 18.4 Å². The quantitative estimate of drug-likeness (QED) is 0.687. The Morgan fingerprint density at radius 3 is 2.52 bits per heavy atom. The van der Waals surface area contributed by atoms with E-state index in [1.54, 1.807) is 36.4 Å². The number of halogens is 1. The van der Waals surface area contributed by atoms with Crippen LogP contribution in [0.15, 0.2) is 53.4 Å². The Balaban J connectivity index is 2.03. The Hall–Kier alpha value is -1.89. The molecule has 0 aromatic heterocycles. The molecule has 7 heteroatoms. The molecule has 0 heterocycles. The molecule has 25 heavy (non-hydrogen) atoms. The molecule has 0 aliphatic heterocycles. The molecule has 2 N–H and O–H groups in total. The fourth-order valence-electron chi connectivity index (χ4n) is 2.20. The molecule has 134 valence electrons. The van der Waals surface area contributed by atoms with Crippen LogP contribution in [-0.2, 0) is 21.2 Å². The van der Waals surface area contributed by atoms with Gasteiger partial charge in [-0.15, -0.1) is 0 Å². The number of nitrogens with one attached hydrogen (secondary N) is 2. The number of sulfonamides is 1. The Bertz CT molecular complexity index is 820. The van der Waals surface area contributed by atoms with Crippen molar-refractivity contribution in [2.45, 2.75) is 31.1 Å². The van der Waals surface area contributed by atoms with E-state index in [2.05, 4.69) is 10.0 Å². The Kier molecular flexibility index (Phi) is 6.99. The van der Waals surface area contributed by atoms with Gasteiger partial charge in [0.25, 0.3) is 0 Å². The van der Waals surface area contributed by atoms with Crippen LogP contribution in [0.1, 0.15) is 25.3 Å². The van der Waals surface area contributed by atoms with Crippen LogP contribution in [0.2, 0.25) is 5.02 Å². The van der Waals surface area contributed by atoms with Gasteiger partial charge in [0.1, 0.15) is 0 Å². The first-order chi connectivity index (χ1) is 11.9. The number of rotatable bonds is 8. The number of unbranched alkanes of at least 4 members (excludes halogenated alkanes) is 1. The van der Waals surface area contributed by atoms with E-state index in [9.17, 15) is 13.2 Å². The van der Waals surface area contributed by atoms with Gasteiger partial charge in [-0.25, -0.2) is 13.1 Å². The maximum atomic E-state index is 12.2. The number of benzene rings is 2. The summed E-state index contributed by atoms with van der Waals surface area (Å²) in [6, 6.07) is 13.2. The zero-order valence-corrected chi connectivity index (χ0v) is 15.5. The smallest absolute Gasteiger partial charge is 0.240 e. The molecule has 0 spiro atoms. The minimum atomic E-state index is -3.57. The topological polar surface area (TPSA) is 75.3 Å². The van der Waals surface area contributed by atoms with E-state index in [4.69, 9.17) is 11.6 Å². The largest absolute Gasteiger partial charge is 0.326 e. The van der Waals surface area contributed by atoms with E-state index >= 15 is 0 Å². The van der Waals surface area contributed by atoms with Crippen LogP contribution in [0.25, 0.3) is 0 Å². The van der Waals surface area contributed by atoms with Gasteiger partial charge in [-0.3, -0.25) is 4.79 Å². The second-order valence-corrected chi connectivity index (χ2v) is 7.83. The third-order valence-electron chi connectivity index (χ3n) is 3.53. The normalized spacial score (nSPS) is 11.3. The molecular formula is C18H21ClN2O3S. The summed E-state index contributed by atoms with van der Waals surface area (Å²) in [7, 11) is -3.57. The number of carbonyl (C=O) groups excluding carboxylic acids is 1. The lowest BCUT2D eigenvalue weighted by Crippen LogP contribution is -2.25. The van der Waals surface area contributed by atoms with E-state index < -0.39 is 10.0 Å². The first kappa shape index (κ1) is 19.4. The minimum absolute atomic E-state index is 0.132. The second-order valence-electron chi connectivity index (χ2n) is 5.63. The van der Waals surface area contributed by atoms with Crippen LogP contribution < -0.4 is 10.0 Å². The van der Waals surface area contributed by atoms with Crippen molar-refractivity contribution in [2.24, 2.45) is 0 Å².